The fraction of sp³-hybridized carbons (Fsp3) is 0.378. The van der Waals surface area contributed by atoms with E-state index in [2.05, 4.69) is 55.6 Å². The van der Waals surface area contributed by atoms with Gasteiger partial charge in [-0.25, -0.2) is 0 Å². The lowest BCUT2D eigenvalue weighted by atomic mass is 9.95. The molecular weight excluding hydrogens is 576 g/mol. The van der Waals surface area contributed by atoms with Crippen LogP contribution in [-0.2, 0) is 16.1 Å². The molecule has 2 atom stereocenters. The summed E-state index contributed by atoms with van der Waals surface area (Å²) in [5, 5.41) is 9.17. The molecule has 46 heavy (non-hydrogen) atoms. The average molecular weight is 620 g/mol. The Labute approximate surface area is 270 Å². The number of benzene rings is 3. The van der Waals surface area contributed by atoms with E-state index >= 15 is 0 Å². The van der Waals surface area contributed by atoms with Crippen molar-refractivity contribution in [2.24, 2.45) is 5.92 Å². The first-order valence-corrected chi connectivity index (χ1v) is 16.7. The number of H-pyrrole nitrogens is 1. The van der Waals surface area contributed by atoms with E-state index in [4.69, 9.17) is 4.74 Å². The number of aromatic nitrogens is 2. The van der Waals surface area contributed by atoms with Gasteiger partial charge in [-0.2, -0.15) is 5.10 Å². The summed E-state index contributed by atoms with van der Waals surface area (Å²) in [6.07, 6.45) is 7.01. The van der Waals surface area contributed by atoms with Crippen LogP contribution in [0.2, 0.25) is 0 Å². The first-order valence-electron chi connectivity index (χ1n) is 16.7. The molecule has 3 N–H and O–H groups in total. The second-order valence-corrected chi connectivity index (χ2v) is 12.8. The summed E-state index contributed by atoms with van der Waals surface area (Å²) in [5.41, 5.74) is 5.19. The van der Waals surface area contributed by atoms with Crippen molar-refractivity contribution in [3.63, 3.8) is 0 Å². The van der Waals surface area contributed by atoms with Crippen LogP contribution in [-0.4, -0.2) is 77.1 Å². The molecule has 9 heteroatoms. The predicted octanol–water partition coefficient (Wildman–Crippen LogP) is 4.01. The topological polar surface area (TPSA) is 98.4 Å². The Hall–Kier alpha value is -4.63. The number of nitrogens with zero attached hydrogens (tertiary/aromatic N) is 4. The largest absolute Gasteiger partial charge is 0.476 e. The fourth-order valence-corrected chi connectivity index (χ4v) is 6.74. The molecule has 1 saturated carbocycles. The Kier molecular flexibility index (Phi) is 9.01. The van der Waals surface area contributed by atoms with Gasteiger partial charge < -0.3 is 24.8 Å². The SMILES string of the molecule is O=C(C(Oc1cccc(N2CCC[C@@H](C(=O)N(Cc3ccc(-c4cn[nH]c4)cc3)C3CC3)C2)c1)c1ccccc1)N1CC[NH2+]CC1. The van der Waals surface area contributed by atoms with Gasteiger partial charge in [0.15, 0.2) is 0 Å². The lowest BCUT2D eigenvalue weighted by Gasteiger charge is -2.36. The number of piperazine rings is 1. The quantitative estimate of drug-likeness (QED) is 0.280. The molecule has 7 rings (SSSR count). The number of amides is 2. The van der Waals surface area contributed by atoms with Crippen LogP contribution < -0.4 is 15.0 Å². The van der Waals surface area contributed by atoms with Crippen molar-refractivity contribution in [3.05, 3.63) is 102 Å². The summed E-state index contributed by atoms with van der Waals surface area (Å²) in [6, 6.07) is 26.6. The Morgan fingerprint density at radius 2 is 1.74 bits per heavy atom. The Morgan fingerprint density at radius 1 is 0.935 bits per heavy atom. The zero-order valence-corrected chi connectivity index (χ0v) is 26.3. The monoisotopic (exact) mass is 619 g/mol. The molecule has 2 amide bonds. The van der Waals surface area contributed by atoms with Crippen molar-refractivity contribution in [1.29, 1.82) is 0 Å². The number of nitrogens with two attached hydrogens (primary N) is 1. The van der Waals surface area contributed by atoms with Gasteiger partial charge >= 0.3 is 0 Å². The van der Waals surface area contributed by atoms with Crippen LogP contribution in [0.1, 0.15) is 42.9 Å². The highest BCUT2D eigenvalue weighted by Crippen LogP contribution is 2.34. The Bertz CT molecular complexity index is 1600. The van der Waals surface area contributed by atoms with Crippen LogP contribution in [0.15, 0.2) is 91.3 Å². The maximum atomic E-state index is 14.0. The van der Waals surface area contributed by atoms with E-state index < -0.39 is 6.10 Å². The molecule has 1 unspecified atom stereocenters. The first-order chi connectivity index (χ1) is 22.6. The van der Waals surface area contributed by atoms with Gasteiger partial charge in [0.25, 0.3) is 5.91 Å². The molecule has 0 radical (unpaired) electrons. The predicted molar refractivity (Wildman–Crippen MR) is 177 cm³/mol. The van der Waals surface area contributed by atoms with E-state index in [0.717, 1.165) is 86.3 Å². The van der Waals surface area contributed by atoms with Crippen LogP contribution in [0.4, 0.5) is 5.69 Å². The number of carbonyl (C=O) groups excluding carboxylic acids is 2. The lowest BCUT2D eigenvalue weighted by Crippen LogP contribution is -2.90. The minimum Gasteiger partial charge on any atom is -0.476 e. The van der Waals surface area contributed by atoms with E-state index in [1.165, 1.54) is 0 Å². The number of aromatic amines is 1. The number of ether oxygens (including phenoxy) is 1. The Morgan fingerprint density at radius 3 is 2.48 bits per heavy atom. The normalized spacial score (nSPS) is 19.0. The zero-order valence-electron chi connectivity index (χ0n) is 26.3. The van der Waals surface area contributed by atoms with Crippen molar-refractivity contribution in [2.45, 2.75) is 44.4 Å². The van der Waals surface area contributed by atoms with Crippen LogP contribution >= 0.6 is 0 Å². The first kappa shape index (κ1) is 30.0. The molecule has 2 saturated heterocycles. The number of rotatable bonds is 10. The van der Waals surface area contributed by atoms with E-state index in [9.17, 15) is 9.59 Å². The molecular formula is C37H43N6O3+. The number of hydrogen-bond donors (Lipinski definition) is 2. The van der Waals surface area contributed by atoms with E-state index in [1.807, 2.05) is 65.8 Å². The maximum absolute atomic E-state index is 14.0. The smallest absolute Gasteiger partial charge is 0.268 e. The van der Waals surface area contributed by atoms with E-state index in [1.54, 1.807) is 0 Å². The molecule has 0 spiro atoms. The minimum atomic E-state index is -0.703. The summed E-state index contributed by atoms with van der Waals surface area (Å²) < 4.78 is 6.49. The molecule has 9 nitrogen and oxygen atoms in total. The van der Waals surface area contributed by atoms with Crippen molar-refractivity contribution < 1.29 is 19.6 Å². The van der Waals surface area contributed by atoms with Crippen LogP contribution in [0, 0.1) is 5.92 Å². The van der Waals surface area contributed by atoms with Crippen LogP contribution in [0.5, 0.6) is 5.75 Å². The third-order valence-corrected chi connectivity index (χ3v) is 9.46. The summed E-state index contributed by atoms with van der Waals surface area (Å²) in [7, 11) is 0. The van der Waals surface area contributed by atoms with Gasteiger partial charge in [-0.3, -0.25) is 14.7 Å². The fourth-order valence-electron chi connectivity index (χ4n) is 6.74. The molecule has 3 heterocycles. The second kappa shape index (κ2) is 13.8. The molecule has 3 aromatic carbocycles. The number of nitrogens with one attached hydrogen (secondary N) is 1. The highest BCUT2D eigenvalue weighted by Gasteiger charge is 2.37. The van der Waals surface area contributed by atoms with Crippen molar-refractivity contribution in [2.75, 3.05) is 44.2 Å². The third-order valence-electron chi connectivity index (χ3n) is 9.46. The Balaban J connectivity index is 1.04. The number of quaternary nitrogens is 1. The molecule has 4 aromatic rings. The molecule has 3 aliphatic rings. The van der Waals surface area contributed by atoms with E-state index in [0.29, 0.717) is 24.9 Å². The summed E-state index contributed by atoms with van der Waals surface area (Å²) in [4.78, 5) is 34.0. The highest BCUT2D eigenvalue weighted by molar-refractivity contribution is 5.83. The number of anilines is 1. The van der Waals surface area contributed by atoms with Gasteiger partial charge in [0.2, 0.25) is 12.0 Å². The standard InChI is InChI=1S/C37H42N6O3/c44-36(43(32-15-16-32)25-27-11-13-28(14-12-27)31-23-39-40-24-31)30-8-5-19-42(26-30)33-9-4-10-34(22-33)46-35(29-6-2-1-3-7-29)37(45)41-20-17-38-18-21-41/h1-4,6-7,9-14,22-24,30,32,35,38H,5,8,15-21,25-26H2,(H,39,40)/p+1/t30-,35?/m1/s1. The molecule has 2 aliphatic heterocycles. The second-order valence-electron chi connectivity index (χ2n) is 12.8. The van der Waals surface area contributed by atoms with E-state index in [-0.39, 0.29) is 17.7 Å². The van der Waals surface area contributed by atoms with Gasteiger partial charge in [0.05, 0.1) is 38.3 Å². The molecule has 238 valence electrons. The van der Waals surface area contributed by atoms with Gasteiger partial charge in [-0.05, 0) is 48.9 Å². The minimum absolute atomic E-state index is 0.00428. The van der Waals surface area contributed by atoms with Gasteiger partial charge in [0.1, 0.15) is 5.75 Å². The van der Waals surface area contributed by atoms with Crippen molar-refractivity contribution in [1.82, 2.24) is 20.0 Å². The summed E-state index contributed by atoms with van der Waals surface area (Å²) >= 11 is 0. The average Bonchev–Trinajstić information content (AvgIpc) is 3.82. The van der Waals surface area contributed by atoms with Crippen LogP contribution in [0.25, 0.3) is 11.1 Å². The van der Waals surface area contributed by atoms with Gasteiger partial charge in [-0.1, -0.05) is 60.7 Å². The highest BCUT2D eigenvalue weighted by atomic mass is 16.5. The van der Waals surface area contributed by atoms with Crippen molar-refractivity contribution in [3.8, 4) is 16.9 Å². The molecule has 1 aromatic heterocycles. The third kappa shape index (κ3) is 6.94. The summed E-state index contributed by atoms with van der Waals surface area (Å²) in [5.74, 6) is 0.866. The van der Waals surface area contributed by atoms with Crippen LogP contribution in [0.3, 0.4) is 0 Å². The molecule has 0 bridgehead atoms. The number of carbonyl (C=O) groups is 2. The van der Waals surface area contributed by atoms with Crippen molar-refractivity contribution >= 4 is 17.5 Å². The molecule has 3 fully saturated rings. The lowest BCUT2D eigenvalue weighted by molar-refractivity contribution is -0.662. The van der Waals surface area contributed by atoms with Gasteiger partial charge in [0, 0.05) is 54.8 Å². The number of piperidine rings is 1. The maximum Gasteiger partial charge on any atom is 0.268 e. The van der Waals surface area contributed by atoms with Gasteiger partial charge in [-0.15, -0.1) is 0 Å². The summed E-state index contributed by atoms with van der Waals surface area (Å²) in [6.45, 7) is 5.47. The molecule has 1 aliphatic carbocycles. The number of hydrogen-bond acceptors (Lipinski definition) is 5. The zero-order chi connectivity index (χ0) is 31.3.